The molecule has 212 valence electrons. The largest absolute Gasteiger partial charge is 0.496 e. The normalized spacial score (nSPS) is 13.0. The van der Waals surface area contributed by atoms with E-state index in [1.165, 1.54) is 7.11 Å². The van der Waals surface area contributed by atoms with Crippen LogP contribution in [0.15, 0.2) is 115 Å². The third-order valence-corrected chi connectivity index (χ3v) is 9.57. The number of benzene rings is 5. The topological polar surface area (TPSA) is 14.2 Å². The number of methoxy groups -OCH3 is 1. The summed E-state index contributed by atoms with van der Waals surface area (Å²) in [5.74, 6) is 0.357. The van der Waals surface area contributed by atoms with Crippen LogP contribution in [0.25, 0.3) is 27.5 Å². The molecule has 0 fully saturated rings. The molecule has 6 aromatic rings. The molecule has 6 rings (SSSR count). The summed E-state index contributed by atoms with van der Waals surface area (Å²) < 4.78 is 91.9. The standard InChI is InChI=1S/C33H22F6NOP/c1-41-30-17-9-16-29(40-27-14-7-5-12-25(27)26-13-6-8-15-28(26)40)31(30)42(23-10-3-2-4-11-23)24-19-21(32(34,35)36)18-22(20-24)33(37,38)39/h2-20H,1H3. The van der Waals surface area contributed by atoms with E-state index in [-0.39, 0.29) is 11.4 Å². The lowest BCUT2D eigenvalue weighted by Crippen LogP contribution is -2.27. The second-order valence-corrected chi connectivity index (χ2v) is 11.8. The Labute approximate surface area is 238 Å². The van der Waals surface area contributed by atoms with Crippen LogP contribution in [-0.4, -0.2) is 11.7 Å². The minimum Gasteiger partial charge on any atom is -0.496 e. The molecular formula is C33H22F6NOP. The van der Waals surface area contributed by atoms with Crippen molar-refractivity contribution < 1.29 is 31.1 Å². The highest BCUT2D eigenvalue weighted by atomic mass is 31.1. The van der Waals surface area contributed by atoms with E-state index in [9.17, 15) is 26.3 Å². The molecule has 2 nitrogen and oxygen atoms in total. The van der Waals surface area contributed by atoms with Crippen molar-refractivity contribution in [2.75, 3.05) is 7.11 Å². The summed E-state index contributed by atoms with van der Waals surface area (Å²) in [4.78, 5) is 0. The lowest BCUT2D eigenvalue weighted by atomic mass is 10.1. The molecular weight excluding hydrogens is 571 g/mol. The fourth-order valence-electron chi connectivity index (χ4n) is 5.31. The molecule has 1 unspecified atom stereocenters. The van der Waals surface area contributed by atoms with E-state index in [1.54, 1.807) is 42.5 Å². The Hall–Kier alpha value is -4.29. The van der Waals surface area contributed by atoms with Crippen LogP contribution in [-0.2, 0) is 12.4 Å². The highest BCUT2D eigenvalue weighted by molar-refractivity contribution is 7.80. The zero-order valence-electron chi connectivity index (χ0n) is 22.0. The van der Waals surface area contributed by atoms with Crippen molar-refractivity contribution in [3.63, 3.8) is 0 Å². The van der Waals surface area contributed by atoms with Crippen molar-refractivity contribution >= 4 is 45.6 Å². The Kier molecular flexibility index (Phi) is 6.98. The summed E-state index contributed by atoms with van der Waals surface area (Å²) in [7, 11) is -0.537. The van der Waals surface area contributed by atoms with Gasteiger partial charge in [0.1, 0.15) is 5.75 Å². The molecule has 42 heavy (non-hydrogen) atoms. The van der Waals surface area contributed by atoms with Crippen molar-refractivity contribution in [1.82, 2.24) is 4.57 Å². The van der Waals surface area contributed by atoms with Crippen molar-refractivity contribution in [3.8, 4) is 11.4 Å². The number of aromatic nitrogens is 1. The van der Waals surface area contributed by atoms with Gasteiger partial charge >= 0.3 is 12.4 Å². The number of nitrogens with zero attached hydrogens (tertiary/aromatic N) is 1. The Morgan fingerprint density at radius 2 is 1.10 bits per heavy atom. The lowest BCUT2D eigenvalue weighted by molar-refractivity contribution is -0.142. The minimum absolute atomic E-state index is 0.0927. The predicted molar refractivity (Wildman–Crippen MR) is 156 cm³/mol. The van der Waals surface area contributed by atoms with Crippen molar-refractivity contribution in [2.24, 2.45) is 0 Å². The van der Waals surface area contributed by atoms with Crippen LogP contribution >= 0.6 is 7.92 Å². The maximum absolute atomic E-state index is 14.0. The molecule has 0 saturated carbocycles. The molecule has 0 amide bonds. The second kappa shape index (κ2) is 10.5. The molecule has 9 heteroatoms. The number of ether oxygens (including phenoxy) is 1. The predicted octanol–water partition coefficient (Wildman–Crippen LogP) is 8.59. The quantitative estimate of drug-likeness (QED) is 0.144. The van der Waals surface area contributed by atoms with Crippen molar-refractivity contribution in [1.29, 1.82) is 0 Å². The molecule has 1 atom stereocenters. The summed E-state index contributed by atoms with van der Waals surface area (Å²) in [5, 5.41) is 2.91. The highest BCUT2D eigenvalue weighted by Gasteiger charge is 2.38. The van der Waals surface area contributed by atoms with E-state index in [4.69, 9.17) is 4.74 Å². The molecule has 0 saturated heterocycles. The monoisotopic (exact) mass is 593 g/mol. The van der Waals surface area contributed by atoms with Gasteiger partial charge in [0.05, 0.1) is 40.3 Å². The Bertz CT molecular complexity index is 1820. The molecule has 0 spiro atoms. The van der Waals surface area contributed by atoms with Crippen LogP contribution in [0.4, 0.5) is 26.3 Å². The molecule has 5 aromatic carbocycles. The Morgan fingerprint density at radius 1 is 0.571 bits per heavy atom. The number of rotatable bonds is 5. The maximum Gasteiger partial charge on any atom is 0.416 e. The van der Waals surface area contributed by atoms with Gasteiger partial charge < -0.3 is 9.30 Å². The van der Waals surface area contributed by atoms with Gasteiger partial charge in [-0.25, -0.2) is 0 Å². The lowest BCUT2D eigenvalue weighted by Gasteiger charge is -2.26. The molecule has 1 aromatic heterocycles. The van der Waals surface area contributed by atoms with E-state index in [0.717, 1.165) is 33.9 Å². The zero-order valence-corrected chi connectivity index (χ0v) is 22.9. The highest BCUT2D eigenvalue weighted by Crippen LogP contribution is 2.44. The number of hydrogen-bond acceptors (Lipinski definition) is 1. The summed E-state index contributed by atoms with van der Waals surface area (Å²) in [6.45, 7) is 0. The molecule has 0 aliphatic rings. The molecule has 1 heterocycles. The van der Waals surface area contributed by atoms with Crippen LogP contribution in [0.3, 0.4) is 0 Å². The number of alkyl halides is 6. The first-order valence-corrected chi connectivity index (χ1v) is 14.2. The summed E-state index contributed by atoms with van der Waals surface area (Å²) in [5.41, 5.74) is -0.423. The summed E-state index contributed by atoms with van der Waals surface area (Å²) >= 11 is 0. The summed E-state index contributed by atoms with van der Waals surface area (Å²) in [6, 6.07) is 31.2. The first kappa shape index (κ1) is 27.9. The maximum atomic E-state index is 14.0. The number of hydrogen-bond donors (Lipinski definition) is 0. The zero-order chi connectivity index (χ0) is 29.6. The molecule has 0 radical (unpaired) electrons. The average Bonchev–Trinajstić information content (AvgIpc) is 3.31. The fraction of sp³-hybridized carbons (Fsp3) is 0.0909. The fourth-order valence-corrected chi connectivity index (χ4v) is 7.93. The molecule has 0 aliphatic heterocycles. The van der Waals surface area contributed by atoms with Crippen LogP contribution < -0.4 is 20.7 Å². The smallest absolute Gasteiger partial charge is 0.416 e. The number of fused-ring (bicyclic) bond motifs is 3. The molecule has 0 bridgehead atoms. The van der Waals surface area contributed by atoms with Crippen LogP contribution in [0.5, 0.6) is 5.75 Å². The van der Waals surface area contributed by atoms with E-state index >= 15 is 0 Å². The van der Waals surface area contributed by atoms with Gasteiger partial charge in [0.2, 0.25) is 0 Å². The third kappa shape index (κ3) is 4.90. The van der Waals surface area contributed by atoms with Gasteiger partial charge in [-0.3, -0.25) is 0 Å². The minimum atomic E-state index is -4.98. The van der Waals surface area contributed by atoms with Gasteiger partial charge in [-0.1, -0.05) is 72.8 Å². The van der Waals surface area contributed by atoms with E-state index in [2.05, 4.69) is 0 Å². The van der Waals surface area contributed by atoms with E-state index < -0.39 is 31.4 Å². The Morgan fingerprint density at radius 3 is 1.62 bits per heavy atom. The first-order valence-electron chi connectivity index (χ1n) is 12.9. The molecule has 0 aliphatic carbocycles. The van der Waals surface area contributed by atoms with Gasteiger partial charge in [0, 0.05) is 10.8 Å². The van der Waals surface area contributed by atoms with Crippen molar-refractivity contribution in [3.05, 3.63) is 126 Å². The molecule has 0 N–H and O–H groups in total. The first-order chi connectivity index (χ1) is 20.1. The summed E-state index contributed by atoms with van der Waals surface area (Å²) in [6.07, 6.45) is -9.96. The van der Waals surface area contributed by atoms with Gasteiger partial charge in [-0.15, -0.1) is 0 Å². The van der Waals surface area contributed by atoms with Gasteiger partial charge in [-0.05, 0) is 61.0 Å². The number of halogens is 6. The SMILES string of the molecule is COc1cccc(-n2c3ccccc3c3ccccc32)c1P(c1ccccc1)c1cc(C(F)(F)F)cc(C(F)(F)F)c1. The van der Waals surface area contributed by atoms with Crippen LogP contribution in [0, 0.1) is 0 Å². The van der Waals surface area contributed by atoms with Gasteiger partial charge in [-0.2, -0.15) is 26.3 Å². The van der Waals surface area contributed by atoms with Crippen LogP contribution in [0.1, 0.15) is 11.1 Å². The van der Waals surface area contributed by atoms with Crippen LogP contribution in [0.2, 0.25) is 0 Å². The van der Waals surface area contributed by atoms with E-state index in [1.807, 2.05) is 59.2 Å². The van der Waals surface area contributed by atoms with Crippen molar-refractivity contribution in [2.45, 2.75) is 12.4 Å². The van der Waals surface area contributed by atoms with Gasteiger partial charge in [0.25, 0.3) is 0 Å². The van der Waals surface area contributed by atoms with E-state index in [0.29, 0.717) is 22.0 Å². The van der Waals surface area contributed by atoms with Gasteiger partial charge in [0.15, 0.2) is 0 Å². The second-order valence-electron chi connectivity index (χ2n) is 9.63. The number of para-hydroxylation sites is 2. The third-order valence-electron chi connectivity index (χ3n) is 7.09. The Balaban J connectivity index is 1.74. The average molecular weight is 594 g/mol.